The van der Waals surface area contributed by atoms with Gasteiger partial charge in [0.25, 0.3) is 0 Å². The molecular weight excluding hydrogens is 234 g/mol. The van der Waals surface area contributed by atoms with Crippen LogP contribution in [0.2, 0.25) is 0 Å². The molecule has 0 saturated carbocycles. The summed E-state index contributed by atoms with van der Waals surface area (Å²) in [5, 5.41) is 3.62. The normalized spacial score (nSPS) is 20.6. The molecule has 0 aromatic heterocycles. The summed E-state index contributed by atoms with van der Waals surface area (Å²) in [6, 6.07) is 9.49. The second-order valence-corrected chi connectivity index (χ2v) is 5.48. The SMILES string of the molecule is CCCc1cccc(C(CC2CCCO2)NCC)c1. The fourth-order valence-electron chi connectivity index (χ4n) is 2.93. The Balaban J connectivity index is 2.05. The van der Waals surface area contributed by atoms with E-state index in [0.717, 1.165) is 19.6 Å². The monoisotopic (exact) mass is 261 g/mol. The maximum Gasteiger partial charge on any atom is 0.0594 e. The number of hydrogen-bond acceptors (Lipinski definition) is 2. The first-order valence-electron chi connectivity index (χ1n) is 7.77. The van der Waals surface area contributed by atoms with Gasteiger partial charge in [-0.15, -0.1) is 0 Å². The van der Waals surface area contributed by atoms with Crippen LogP contribution in [0.1, 0.15) is 56.7 Å². The molecule has 1 heterocycles. The van der Waals surface area contributed by atoms with E-state index < -0.39 is 0 Å². The van der Waals surface area contributed by atoms with E-state index in [4.69, 9.17) is 4.74 Å². The van der Waals surface area contributed by atoms with Gasteiger partial charge in [-0.05, 0) is 43.4 Å². The van der Waals surface area contributed by atoms with Crippen molar-refractivity contribution < 1.29 is 4.74 Å². The van der Waals surface area contributed by atoms with Gasteiger partial charge < -0.3 is 10.1 Å². The van der Waals surface area contributed by atoms with E-state index >= 15 is 0 Å². The van der Waals surface area contributed by atoms with Crippen molar-refractivity contribution in [3.63, 3.8) is 0 Å². The molecule has 2 heteroatoms. The Bertz CT molecular complexity index is 371. The van der Waals surface area contributed by atoms with Crippen LogP contribution in [-0.2, 0) is 11.2 Å². The number of rotatable bonds is 7. The molecule has 0 spiro atoms. The van der Waals surface area contributed by atoms with Gasteiger partial charge in [-0.2, -0.15) is 0 Å². The number of nitrogens with one attached hydrogen (secondary N) is 1. The van der Waals surface area contributed by atoms with Gasteiger partial charge in [0.15, 0.2) is 0 Å². The maximum atomic E-state index is 5.79. The van der Waals surface area contributed by atoms with Gasteiger partial charge in [-0.25, -0.2) is 0 Å². The number of ether oxygens (including phenoxy) is 1. The lowest BCUT2D eigenvalue weighted by molar-refractivity contribution is 0.0947. The quantitative estimate of drug-likeness (QED) is 0.804. The van der Waals surface area contributed by atoms with Gasteiger partial charge in [-0.3, -0.25) is 0 Å². The lowest BCUT2D eigenvalue weighted by atomic mass is 9.96. The molecule has 1 N–H and O–H groups in total. The number of aryl methyl sites for hydroxylation is 1. The van der Waals surface area contributed by atoms with Crippen molar-refractivity contribution in [2.75, 3.05) is 13.2 Å². The highest BCUT2D eigenvalue weighted by molar-refractivity contribution is 5.26. The summed E-state index contributed by atoms with van der Waals surface area (Å²) >= 11 is 0. The maximum absolute atomic E-state index is 5.79. The van der Waals surface area contributed by atoms with Gasteiger partial charge in [-0.1, -0.05) is 44.5 Å². The van der Waals surface area contributed by atoms with Crippen LogP contribution in [0.15, 0.2) is 24.3 Å². The predicted octanol–water partition coefficient (Wildman–Crippen LogP) is 3.86. The van der Waals surface area contributed by atoms with Gasteiger partial charge >= 0.3 is 0 Å². The lowest BCUT2D eigenvalue weighted by Crippen LogP contribution is -2.25. The Labute approximate surface area is 117 Å². The van der Waals surface area contributed by atoms with Crippen molar-refractivity contribution >= 4 is 0 Å². The molecular formula is C17H27NO. The molecule has 0 radical (unpaired) electrons. The molecule has 106 valence electrons. The van der Waals surface area contributed by atoms with Crippen LogP contribution in [0.5, 0.6) is 0 Å². The molecule has 0 aliphatic carbocycles. The highest BCUT2D eigenvalue weighted by Gasteiger charge is 2.21. The third-order valence-corrected chi connectivity index (χ3v) is 3.87. The Kier molecular flexibility index (Phi) is 5.87. The van der Waals surface area contributed by atoms with E-state index in [2.05, 4.69) is 43.4 Å². The second-order valence-electron chi connectivity index (χ2n) is 5.48. The topological polar surface area (TPSA) is 21.3 Å². The first kappa shape index (κ1) is 14.5. The molecule has 19 heavy (non-hydrogen) atoms. The van der Waals surface area contributed by atoms with Crippen LogP contribution in [0, 0.1) is 0 Å². The third kappa shape index (κ3) is 4.32. The molecule has 1 aromatic rings. The molecule has 2 rings (SSSR count). The largest absolute Gasteiger partial charge is 0.378 e. The van der Waals surface area contributed by atoms with Crippen LogP contribution >= 0.6 is 0 Å². The van der Waals surface area contributed by atoms with Crippen LogP contribution < -0.4 is 5.32 Å². The van der Waals surface area contributed by atoms with E-state index in [1.807, 2.05) is 0 Å². The second kappa shape index (κ2) is 7.66. The van der Waals surface area contributed by atoms with E-state index in [1.165, 1.54) is 36.8 Å². The van der Waals surface area contributed by atoms with E-state index in [-0.39, 0.29) is 0 Å². The van der Waals surface area contributed by atoms with Crippen molar-refractivity contribution in [1.29, 1.82) is 0 Å². The Hall–Kier alpha value is -0.860. The Morgan fingerprint density at radius 2 is 2.26 bits per heavy atom. The van der Waals surface area contributed by atoms with Crippen molar-refractivity contribution in [2.45, 2.75) is 58.1 Å². The molecule has 1 aliphatic heterocycles. The van der Waals surface area contributed by atoms with Crippen molar-refractivity contribution in [1.82, 2.24) is 5.32 Å². The first-order valence-corrected chi connectivity index (χ1v) is 7.77. The third-order valence-electron chi connectivity index (χ3n) is 3.87. The molecule has 1 aromatic carbocycles. The predicted molar refractivity (Wildman–Crippen MR) is 80.4 cm³/mol. The summed E-state index contributed by atoms with van der Waals surface area (Å²) in [5.41, 5.74) is 2.87. The standard InChI is InChI=1S/C17H27NO/c1-3-7-14-8-5-9-15(12-14)17(18-4-2)13-16-10-6-11-19-16/h5,8-9,12,16-18H,3-4,6-7,10-11,13H2,1-2H3. The molecule has 1 aliphatic rings. The van der Waals surface area contributed by atoms with Gasteiger partial charge in [0, 0.05) is 12.6 Å². The summed E-state index contributed by atoms with van der Waals surface area (Å²) < 4.78 is 5.79. The molecule has 1 saturated heterocycles. The van der Waals surface area contributed by atoms with E-state index in [9.17, 15) is 0 Å². The van der Waals surface area contributed by atoms with Gasteiger partial charge in [0.2, 0.25) is 0 Å². The molecule has 0 bridgehead atoms. The summed E-state index contributed by atoms with van der Waals surface area (Å²) in [5.74, 6) is 0. The van der Waals surface area contributed by atoms with Crippen molar-refractivity contribution in [3.05, 3.63) is 35.4 Å². The summed E-state index contributed by atoms with van der Waals surface area (Å²) in [6.07, 6.45) is 6.37. The average molecular weight is 261 g/mol. The fourth-order valence-corrected chi connectivity index (χ4v) is 2.93. The molecule has 2 nitrogen and oxygen atoms in total. The minimum atomic E-state index is 0.435. The molecule has 0 amide bonds. The zero-order valence-electron chi connectivity index (χ0n) is 12.3. The Morgan fingerprint density at radius 1 is 1.37 bits per heavy atom. The number of benzene rings is 1. The van der Waals surface area contributed by atoms with Gasteiger partial charge in [0.1, 0.15) is 0 Å². The molecule has 2 atom stereocenters. The summed E-state index contributed by atoms with van der Waals surface area (Å²) in [6.45, 7) is 6.37. The van der Waals surface area contributed by atoms with Crippen LogP contribution in [0.4, 0.5) is 0 Å². The molecule has 2 unspecified atom stereocenters. The highest BCUT2D eigenvalue weighted by atomic mass is 16.5. The smallest absolute Gasteiger partial charge is 0.0594 e. The zero-order chi connectivity index (χ0) is 13.5. The van der Waals surface area contributed by atoms with Crippen LogP contribution in [0.3, 0.4) is 0 Å². The summed E-state index contributed by atoms with van der Waals surface area (Å²) in [4.78, 5) is 0. The van der Waals surface area contributed by atoms with Crippen LogP contribution in [0.25, 0.3) is 0 Å². The van der Waals surface area contributed by atoms with Crippen LogP contribution in [-0.4, -0.2) is 19.3 Å². The van der Waals surface area contributed by atoms with Crippen molar-refractivity contribution in [2.24, 2.45) is 0 Å². The van der Waals surface area contributed by atoms with Crippen molar-refractivity contribution in [3.8, 4) is 0 Å². The van der Waals surface area contributed by atoms with Gasteiger partial charge in [0.05, 0.1) is 6.10 Å². The molecule has 1 fully saturated rings. The minimum absolute atomic E-state index is 0.435. The fraction of sp³-hybridized carbons (Fsp3) is 0.647. The summed E-state index contributed by atoms with van der Waals surface area (Å²) in [7, 11) is 0. The highest BCUT2D eigenvalue weighted by Crippen LogP contribution is 2.26. The van der Waals surface area contributed by atoms with E-state index in [1.54, 1.807) is 0 Å². The minimum Gasteiger partial charge on any atom is -0.378 e. The van der Waals surface area contributed by atoms with E-state index in [0.29, 0.717) is 12.1 Å². The zero-order valence-corrected chi connectivity index (χ0v) is 12.3. The lowest BCUT2D eigenvalue weighted by Gasteiger charge is -2.22. The number of hydrogen-bond donors (Lipinski definition) is 1. The Morgan fingerprint density at radius 3 is 2.95 bits per heavy atom. The average Bonchev–Trinajstić information content (AvgIpc) is 2.92. The first-order chi connectivity index (χ1) is 9.33.